The van der Waals surface area contributed by atoms with Crippen LogP contribution in [0.4, 0.5) is 5.82 Å². The van der Waals surface area contributed by atoms with E-state index in [9.17, 15) is 4.79 Å². The van der Waals surface area contributed by atoms with Crippen LogP contribution in [0.2, 0.25) is 0 Å². The number of amides is 1. The number of hydrogen-bond donors (Lipinski definition) is 0. The molecule has 1 fully saturated rings. The van der Waals surface area contributed by atoms with E-state index in [2.05, 4.69) is 30.8 Å². The van der Waals surface area contributed by atoms with Crippen LogP contribution < -0.4 is 4.90 Å². The molecule has 0 atom stereocenters. The van der Waals surface area contributed by atoms with Gasteiger partial charge in [-0.05, 0) is 31.2 Å². The summed E-state index contributed by atoms with van der Waals surface area (Å²) in [6.07, 6.45) is 1.59. The quantitative estimate of drug-likeness (QED) is 0.825. The Bertz CT molecular complexity index is 666. The maximum Gasteiger partial charge on any atom is 0.253 e. The molecule has 2 heterocycles. The van der Waals surface area contributed by atoms with E-state index >= 15 is 0 Å². The molecule has 0 radical (unpaired) electrons. The Balaban J connectivity index is 1.64. The summed E-state index contributed by atoms with van der Waals surface area (Å²) in [4.78, 5) is 25.0. The smallest absolute Gasteiger partial charge is 0.253 e. The summed E-state index contributed by atoms with van der Waals surface area (Å²) in [6.45, 7) is 4.95. The maximum atomic E-state index is 12.5. The van der Waals surface area contributed by atoms with Crippen molar-refractivity contribution < 1.29 is 4.79 Å². The highest BCUT2D eigenvalue weighted by atomic mass is 79.9. The minimum Gasteiger partial charge on any atom is -0.353 e. The molecular formula is C16H17BrN4O. The average molecular weight is 361 g/mol. The minimum absolute atomic E-state index is 0.0889. The molecule has 5 nitrogen and oxygen atoms in total. The SMILES string of the molecule is Cc1cc(N2CCN(C(=O)c3ccc(Br)cc3)CC2)ncn1. The summed E-state index contributed by atoms with van der Waals surface area (Å²) in [5, 5.41) is 0. The van der Waals surface area contributed by atoms with Gasteiger partial charge in [-0.25, -0.2) is 9.97 Å². The molecule has 0 bridgehead atoms. The van der Waals surface area contributed by atoms with E-state index in [-0.39, 0.29) is 5.91 Å². The molecular weight excluding hydrogens is 344 g/mol. The molecule has 6 heteroatoms. The first-order valence-electron chi connectivity index (χ1n) is 7.22. The molecule has 0 saturated carbocycles. The number of aromatic nitrogens is 2. The number of carbonyl (C=O) groups is 1. The third-order valence-corrected chi connectivity index (χ3v) is 4.30. The predicted octanol–water partition coefficient (Wildman–Crippen LogP) is 2.51. The molecule has 1 amide bonds. The van der Waals surface area contributed by atoms with E-state index in [4.69, 9.17) is 0 Å². The molecule has 0 N–H and O–H groups in total. The Kier molecular flexibility index (Phi) is 4.38. The largest absolute Gasteiger partial charge is 0.353 e. The molecule has 22 heavy (non-hydrogen) atoms. The second-order valence-electron chi connectivity index (χ2n) is 5.30. The van der Waals surface area contributed by atoms with Crippen LogP contribution in [0, 0.1) is 6.92 Å². The summed E-state index contributed by atoms with van der Waals surface area (Å²) in [7, 11) is 0. The fraction of sp³-hybridized carbons (Fsp3) is 0.312. The number of piperazine rings is 1. The predicted molar refractivity (Wildman–Crippen MR) is 89.0 cm³/mol. The topological polar surface area (TPSA) is 49.3 Å². The van der Waals surface area contributed by atoms with Crippen molar-refractivity contribution in [1.82, 2.24) is 14.9 Å². The third kappa shape index (κ3) is 3.27. The first-order chi connectivity index (χ1) is 10.6. The number of hydrogen-bond acceptors (Lipinski definition) is 4. The molecule has 1 aromatic heterocycles. The van der Waals surface area contributed by atoms with Gasteiger partial charge in [0.25, 0.3) is 5.91 Å². The van der Waals surface area contributed by atoms with Gasteiger partial charge in [0, 0.05) is 48.0 Å². The standard InChI is InChI=1S/C16H17BrN4O/c1-12-10-15(19-11-18-12)20-6-8-21(9-7-20)16(22)13-2-4-14(17)5-3-13/h2-5,10-11H,6-9H2,1H3. The van der Waals surface area contributed by atoms with E-state index in [1.807, 2.05) is 42.2 Å². The lowest BCUT2D eigenvalue weighted by molar-refractivity contribution is 0.0746. The third-order valence-electron chi connectivity index (χ3n) is 3.77. The van der Waals surface area contributed by atoms with Gasteiger partial charge in [0.15, 0.2) is 0 Å². The summed E-state index contributed by atoms with van der Waals surface area (Å²) >= 11 is 3.39. The van der Waals surface area contributed by atoms with Crippen molar-refractivity contribution in [1.29, 1.82) is 0 Å². The van der Waals surface area contributed by atoms with E-state index in [1.165, 1.54) is 0 Å². The van der Waals surface area contributed by atoms with Gasteiger partial charge in [0.1, 0.15) is 12.1 Å². The van der Waals surface area contributed by atoms with E-state index < -0.39 is 0 Å². The lowest BCUT2D eigenvalue weighted by Crippen LogP contribution is -2.49. The Morgan fingerprint density at radius 2 is 1.77 bits per heavy atom. The summed E-state index contributed by atoms with van der Waals surface area (Å²) in [6, 6.07) is 9.48. The molecule has 0 unspecified atom stereocenters. The number of carbonyl (C=O) groups excluding carboxylic acids is 1. The van der Waals surface area contributed by atoms with Gasteiger partial charge in [0.2, 0.25) is 0 Å². The van der Waals surface area contributed by atoms with Crippen LogP contribution in [-0.2, 0) is 0 Å². The zero-order chi connectivity index (χ0) is 15.5. The Morgan fingerprint density at radius 3 is 2.41 bits per heavy atom. The number of anilines is 1. The highest BCUT2D eigenvalue weighted by Crippen LogP contribution is 2.16. The Morgan fingerprint density at radius 1 is 1.09 bits per heavy atom. The van der Waals surface area contributed by atoms with Crippen molar-refractivity contribution in [3.63, 3.8) is 0 Å². The van der Waals surface area contributed by atoms with Crippen molar-refractivity contribution in [2.45, 2.75) is 6.92 Å². The van der Waals surface area contributed by atoms with E-state index in [0.29, 0.717) is 13.1 Å². The van der Waals surface area contributed by atoms with E-state index in [1.54, 1.807) is 6.33 Å². The van der Waals surface area contributed by atoms with Crippen LogP contribution in [0.25, 0.3) is 0 Å². The fourth-order valence-electron chi connectivity index (χ4n) is 2.53. The zero-order valence-corrected chi connectivity index (χ0v) is 14.0. The monoisotopic (exact) mass is 360 g/mol. The van der Waals surface area contributed by atoms with Crippen LogP contribution in [0.5, 0.6) is 0 Å². The number of benzene rings is 1. The van der Waals surface area contributed by atoms with Crippen molar-refractivity contribution in [2.24, 2.45) is 0 Å². The van der Waals surface area contributed by atoms with Crippen LogP contribution in [0.15, 0.2) is 41.1 Å². The Labute approximate surface area is 138 Å². The molecule has 114 valence electrons. The van der Waals surface area contributed by atoms with Gasteiger partial charge >= 0.3 is 0 Å². The molecule has 1 saturated heterocycles. The van der Waals surface area contributed by atoms with E-state index in [0.717, 1.165) is 34.6 Å². The Hall–Kier alpha value is -1.95. The van der Waals surface area contributed by atoms with Gasteiger partial charge in [-0.3, -0.25) is 4.79 Å². The minimum atomic E-state index is 0.0889. The normalized spacial score (nSPS) is 15.0. The van der Waals surface area contributed by atoms with Crippen LogP contribution in [-0.4, -0.2) is 47.0 Å². The molecule has 1 aliphatic heterocycles. The van der Waals surface area contributed by atoms with Crippen LogP contribution >= 0.6 is 15.9 Å². The van der Waals surface area contributed by atoms with Gasteiger partial charge < -0.3 is 9.80 Å². The number of halogens is 1. The highest BCUT2D eigenvalue weighted by molar-refractivity contribution is 9.10. The average Bonchev–Trinajstić information content (AvgIpc) is 2.55. The van der Waals surface area contributed by atoms with Gasteiger partial charge in [0.05, 0.1) is 0 Å². The van der Waals surface area contributed by atoms with Crippen LogP contribution in [0.3, 0.4) is 0 Å². The maximum absolute atomic E-state index is 12.5. The molecule has 0 spiro atoms. The molecule has 1 aromatic carbocycles. The lowest BCUT2D eigenvalue weighted by atomic mass is 10.2. The highest BCUT2D eigenvalue weighted by Gasteiger charge is 2.22. The second kappa shape index (κ2) is 6.44. The second-order valence-corrected chi connectivity index (χ2v) is 6.22. The molecule has 1 aliphatic rings. The summed E-state index contributed by atoms with van der Waals surface area (Å²) in [5.41, 5.74) is 1.69. The first kappa shape index (κ1) is 15.0. The van der Waals surface area contributed by atoms with Gasteiger partial charge in [-0.2, -0.15) is 0 Å². The van der Waals surface area contributed by atoms with Crippen molar-refractivity contribution in [3.8, 4) is 0 Å². The van der Waals surface area contributed by atoms with Crippen molar-refractivity contribution >= 4 is 27.7 Å². The molecule has 2 aromatic rings. The summed E-state index contributed by atoms with van der Waals surface area (Å²) in [5.74, 6) is 1.02. The number of aryl methyl sites for hydroxylation is 1. The van der Waals surface area contributed by atoms with Crippen molar-refractivity contribution in [2.75, 3.05) is 31.1 Å². The first-order valence-corrected chi connectivity index (χ1v) is 8.01. The lowest BCUT2D eigenvalue weighted by Gasteiger charge is -2.35. The van der Waals surface area contributed by atoms with Crippen molar-refractivity contribution in [3.05, 3.63) is 52.4 Å². The van der Waals surface area contributed by atoms with Gasteiger partial charge in [-0.1, -0.05) is 15.9 Å². The number of nitrogens with zero attached hydrogens (tertiary/aromatic N) is 4. The zero-order valence-electron chi connectivity index (χ0n) is 12.4. The summed E-state index contributed by atoms with van der Waals surface area (Å²) < 4.78 is 0.980. The number of rotatable bonds is 2. The fourth-order valence-corrected chi connectivity index (χ4v) is 2.79. The molecule has 3 rings (SSSR count). The van der Waals surface area contributed by atoms with Crippen LogP contribution in [0.1, 0.15) is 16.1 Å². The van der Waals surface area contributed by atoms with Gasteiger partial charge in [-0.15, -0.1) is 0 Å². The molecule has 0 aliphatic carbocycles.